The predicted molar refractivity (Wildman–Crippen MR) is 62.4 cm³/mol. The van der Waals surface area contributed by atoms with Gasteiger partial charge in [-0.05, 0) is 26.2 Å². The van der Waals surface area contributed by atoms with Crippen molar-refractivity contribution in [3.8, 4) is 0 Å². The van der Waals surface area contributed by atoms with Crippen molar-refractivity contribution in [2.75, 3.05) is 6.54 Å². The van der Waals surface area contributed by atoms with Crippen LogP contribution >= 0.6 is 0 Å². The second kappa shape index (κ2) is 5.31. The molecule has 1 amide bonds. The zero-order chi connectivity index (χ0) is 11.3. The zero-order valence-electron chi connectivity index (χ0n) is 9.81. The maximum atomic E-state index is 11.8. The van der Waals surface area contributed by atoms with Crippen LogP contribution in [0.1, 0.15) is 46.0 Å². The van der Waals surface area contributed by atoms with E-state index in [1.54, 1.807) is 0 Å². The van der Waals surface area contributed by atoms with Crippen LogP contribution in [0.5, 0.6) is 0 Å². The Morgan fingerprint density at radius 2 is 2.07 bits per heavy atom. The lowest BCUT2D eigenvalue weighted by Gasteiger charge is -2.28. The van der Waals surface area contributed by atoms with Gasteiger partial charge in [-0.25, -0.2) is 0 Å². The summed E-state index contributed by atoms with van der Waals surface area (Å²) in [6.07, 6.45) is 7.24. The van der Waals surface area contributed by atoms with Crippen molar-refractivity contribution in [1.29, 1.82) is 0 Å². The molecule has 3 nitrogen and oxygen atoms in total. The van der Waals surface area contributed by atoms with Gasteiger partial charge in [-0.15, -0.1) is 0 Å². The average molecular weight is 210 g/mol. The minimum absolute atomic E-state index is 0.0456. The molecule has 0 unspecified atom stereocenters. The van der Waals surface area contributed by atoms with E-state index in [4.69, 9.17) is 5.73 Å². The Balaban J connectivity index is 2.59. The monoisotopic (exact) mass is 210 g/mol. The van der Waals surface area contributed by atoms with Gasteiger partial charge in [-0.1, -0.05) is 25.8 Å². The minimum atomic E-state index is -0.125. The third-order valence-electron chi connectivity index (χ3n) is 3.20. The second-order valence-electron chi connectivity index (χ2n) is 4.44. The topological polar surface area (TPSA) is 55.1 Å². The Morgan fingerprint density at radius 1 is 1.47 bits per heavy atom. The van der Waals surface area contributed by atoms with Crippen LogP contribution in [0.3, 0.4) is 0 Å². The summed E-state index contributed by atoms with van der Waals surface area (Å²) in [5.41, 5.74) is 6.43. The molecule has 1 rings (SSSR count). The molecule has 15 heavy (non-hydrogen) atoms. The van der Waals surface area contributed by atoms with E-state index in [0.717, 1.165) is 24.8 Å². The quantitative estimate of drug-likeness (QED) is 0.694. The van der Waals surface area contributed by atoms with Gasteiger partial charge in [-0.2, -0.15) is 0 Å². The Morgan fingerprint density at radius 3 is 2.53 bits per heavy atom. The zero-order valence-corrected chi connectivity index (χ0v) is 9.81. The molecular formula is C12H22N2O. The molecule has 0 aromatic carbocycles. The van der Waals surface area contributed by atoms with Crippen molar-refractivity contribution in [3.05, 3.63) is 11.6 Å². The van der Waals surface area contributed by atoms with Crippen LogP contribution in [0.25, 0.3) is 0 Å². The SMILES string of the molecule is CCC=C(C)C(=O)NC1(CN)CCCC1. The first-order valence-electron chi connectivity index (χ1n) is 5.83. The summed E-state index contributed by atoms with van der Waals surface area (Å²) in [5.74, 6) is 0.0456. The molecule has 3 heteroatoms. The lowest BCUT2D eigenvalue weighted by atomic mass is 9.97. The van der Waals surface area contributed by atoms with E-state index in [2.05, 4.69) is 5.32 Å². The molecule has 0 radical (unpaired) electrons. The molecule has 1 fully saturated rings. The van der Waals surface area contributed by atoms with E-state index in [0.29, 0.717) is 6.54 Å². The molecule has 3 N–H and O–H groups in total. The summed E-state index contributed by atoms with van der Waals surface area (Å²) in [6.45, 7) is 4.45. The number of nitrogens with one attached hydrogen (secondary N) is 1. The minimum Gasteiger partial charge on any atom is -0.346 e. The molecule has 0 aromatic rings. The van der Waals surface area contributed by atoms with Crippen molar-refractivity contribution in [3.63, 3.8) is 0 Å². The number of nitrogens with two attached hydrogens (primary N) is 1. The number of amides is 1. The van der Waals surface area contributed by atoms with E-state index in [1.165, 1.54) is 12.8 Å². The third kappa shape index (κ3) is 3.06. The highest BCUT2D eigenvalue weighted by Crippen LogP contribution is 2.28. The van der Waals surface area contributed by atoms with Gasteiger partial charge in [0.05, 0.1) is 5.54 Å². The first-order chi connectivity index (χ1) is 7.13. The smallest absolute Gasteiger partial charge is 0.247 e. The number of rotatable bonds is 4. The molecule has 1 aliphatic carbocycles. The Kier molecular flexibility index (Phi) is 4.33. The van der Waals surface area contributed by atoms with Crippen molar-refractivity contribution in [1.82, 2.24) is 5.32 Å². The fraction of sp³-hybridized carbons (Fsp3) is 0.750. The van der Waals surface area contributed by atoms with Crippen LogP contribution in [-0.2, 0) is 4.79 Å². The van der Waals surface area contributed by atoms with Crippen LogP contribution in [0.15, 0.2) is 11.6 Å². The van der Waals surface area contributed by atoms with E-state index in [-0.39, 0.29) is 11.4 Å². The molecule has 0 spiro atoms. The summed E-state index contributed by atoms with van der Waals surface area (Å²) in [7, 11) is 0. The number of carbonyl (C=O) groups excluding carboxylic acids is 1. The predicted octanol–water partition coefficient (Wildman–Crippen LogP) is 1.73. The third-order valence-corrected chi connectivity index (χ3v) is 3.20. The normalized spacial score (nSPS) is 20.3. The van der Waals surface area contributed by atoms with Crippen molar-refractivity contribution in [2.45, 2.75) is 51.5 Å². The summed E-state index contributed by atoms with van der Waals surface area (Å²) in [6, 6.07) is 0. The summed E-state index contributed by atoms with van der Waals surface area (Å²) in [5, 5.41) is 3.09. The van der Waals surface area contributed by atoms with Gasteiger partial charge < -0.3 is 11.1 Å². The van der Waals surface area contributed by atoms with E-state index < -0.39 is 0 Å². The largest absolute Gasteiger partial charge is 0.346 e. The highest BCUT2D eigenvalue weighted by Gasteiger charge is 2.33. The lowest BCUT2D eigenvalue weighted by molar-refractivity contribution is -0.119. The molecule has 1 saturated carbocycles. The standard InChI is InChI=1S/C12H22N2O/c1-3-6-10(2)11(15)14-12(9-13)7-4-5-8-12/h6H,3-5,7-9,13H2,1-2H3,(H,14,15). The van der Waals surface area contributed by atoms with Crippen LogP contribution in [0.2, 0.25) is 0 Å². The Hall–Kier alpha value is -0.830. The van der Waals surface area contributed by atoms with Gasteiger partial charge in [-0.3, -0.25) is 4.79 Å². The first kappa shape index (κ1) is 12.2. The summed E-state index contributed by atoms with van der Waals surface area (Å²) >= 11 is 0. The van der Waals surface area contributed by atoms with Gasteiger partial charge >= 0.3 is 0 Å². The number of allylic oxidation sites excluding steroid dienone is 1. The molecule has 86 valence electrons. The Labute approximate surface area is 92.1 Å². The molecule has 0 bridgehead atoms. The van der Waals surface area contributed by atoms with Crippen molar-refractivity contribution >= 4 is 5.91 Å². The highest BCUT2D eigenvalue weighted by atomic mass is 16.1. The van der Waals surface area contributed by atoms with Gasteiger partial charge in [0.15, 0.2) is 0 Å². The maximum Gasteiger partial charge on any atom is 0.247 e. The highest BCUT2D eigenvalue weighted by molar-refractivity contribution is 5.93. The van der Waals surface area contributed by atoms with Gasteiger partial charge in [0.25, 0.3) is 0 Å². The average Bonchev–Trinajstić information content (AvgIpc) is 2.67. The van der Waals surface area contributed by atoms with Crippen molar-refractivity contribution < 1.29 is 4.79 Å². The van der Waals surface area contributed by atoms with Gasteiger partial charge in [0.1, 0.15) is 0 Å². The lowest BCUT2D eigenvalue weighted by Crippen LogP contribution is -2.51. The summed E-state index contributed by atoms with van der Waals surface area (Å²) < 4.78 is 0. The molecule has 0 aromatic heterocycles. The second-order valence-corrected chi connectivity index (χ2v) is 4.44. The molecule has 0 atom stereocenters. The fourth-order valence-corrected chi connectivity index (χ4v) is 2.17. The number of hydrogen-bond donors (Lipinski definition) is 2. The van der Waals surface area contributed by atoms with Gasteiger partial charge in [0.2, 0.25) is 5.91 Å². The van der Waals surface area contributed by atoms with E-state index in [9.17, 15) is 4.79 Å². The van der Waals surface area contributed by atoms with E-state index in [1.807, 2.05) is 19.9 Å². The number of hydrogen-bond acceptors (Lipinski definition) is 2. The summed E-state index contributed by atoms with van der Waals surface area (Å²) in [4.78, 5) is 11.8. The molecule has 0 heterocycles. The van der Waals surface area contributed by atoms with Crippen LogP contribution < -0.4 is 11.1 Å². The molecule has 0 saturated heterocycles. The van der Waals surface area contributed by atoms with E-state index >= 15 is 0 Å². The van der Waals surface area contributed by atoms with Crippen LogP contribution in [0, 0.1) is 0 Å². The van der Waals surface area contributed by atoms with Crippen LogP contribution in [-0.4, -0.2) is 18.0 Å². The van der Waals surface area contributed by atoms with Gasteiger partial charge in [0, 0.05) is 12.1 Å². The molecular weight excluding hydrogens is 188 g/mol. The first-order valence-corrected chi connectivity index (χ1v) is 5.83. The van der Waals surface area contributed by atoms with Crippen LogP contribution in [0.4, 0.5) is 0 Å². The molecule has 0 aliphatic heterocycles. The van der Waals surface area contributed by atoms with Crippen molar-refractivity contribution in [2.24, 2.45) is 5.73 Å². The maximum absolute atomic E-state index is 11.8. The Bertz CT molecular complexity index is 252. The molecule has 1 aliphatic rings. The fourth-order valence-electron chi connectivity index (χ4n) is 2.17. The number of carbonyl (C=O) groups is 1.